The molecule has 1 N–H and O–H groups in total. The highest BCUT2D eigenvalue weighted by atomic mass is 32.2. The number of aryl methyl sites for hydroxylation is 2. The molecule has 1 aliphatic heterocycles. The molecule has 1 aromatic carbocycles. The van der Waals surface area contributed by atoms with Crippen molar-refractivity contribution in [3.8, 4) is 5.69 Å². The molecule has 1 fully saturated rings. The van der Waals surface area contributed by atoms with Crippen molar-refractivity contribution in [3.63, 3.8) is 0 Å². The normalized spacial score (nSPS) is 17.4. The summed E-state index contributed by atoms with van der Waals surface area (Å²) >= 11 is 0. The topological polar surface area (TPSA) is 102 Å². The molecule has 2 aromatic heterocycles. The number of anilines is 1. The highest BCUT2D eigenvalue weighted by Gasteiger charge is 2.31. The lowest BCUT2D eigenvalue weighted by atomic mass is 10.1. The maximum atomic E-state index is 12.8. The zero-order valence-electron chi connectivity index (χ0n) is 20.4. The number of carbonyl (C=O) groups is 1. The summed E-state index contributed by atoms with van der Waals surface area (Å²) in [6, 6.07) is 9.71. The molecule has 0 aliphatic carbocycles. The number of rotatable bonds is 7. The second-order valence-corrected chi connectivity index (χ2v) is 11.4. The number of para-hydroxylation sites is 1. The van der Waals surface area contributed by atoms with E-state index in [1.54, 1.807) is 0 Å². The van der Waals surface area contributed by atoms with Crippen LogP contribution < -0.4 is 5.32 Å². The van der Waals surface area contributed by atoms with Gasteiger partial charge in [0.1, 0.15) is 0 Å². The third kappa shape index (κ3) is 4.92. The van der Waals surface area contributed by atoms with Crippen molar-refractivity contribution >= 4 is 21.4 Å². The van der Waals surface area contributed by atoms with Gasteiger partial charge in [-0.2, -0.15) is 10.2 Å². The number of hydrogen-bond donors (Lipinski definition) is 1. The maximum absolute atomic E-state index is 12.8. The Hall–Kier alpha value is -2.98. The first-order chi connectivity index (χ1) is 16.1. The average molecular weight is 485 g/mol. The summed E-state index contributed by atoms with van der Waals surface area (Å²) in [6.07, 6.45) is 0.595. The summed E-state index contributed by atoms with van der Waals surface area (Å²) in [4.78, 5) is 14.8. The third-order valence-electron chi connectivity index (χ3n) is 6.43. The van der Waals surface area contributed by atoms with E-state index in [2.05, 4.69) is 15.5 Å². The number of nitrogens with zero attached hydrogens (tertiary/aromatic N) is 5. The zero-order chi connectivity index (χ0) is 24.6. The van der Waals surface area contributed by atoms with Crippen LogP contribution in [0.5, 0.6) is 0 Å². The molecule has 4 rings (SSSR count). The quantitative estimate of drug-likeness (QED) is 0.553. The molecule has 34 heavy (non-hydrogen) atoms. The van der Waals surface area contributed by atoms with Crippen LogP contribution >= 0.6 is 0 Å². The molecule has 0 unspecified atom stereocenters. The van der Waals surface area contributed by atoms with E-state index in [4.69, 9.17) is 0 Å². The van der Waals surface area contributed by atoms with Crippen LogP contribution in [0.4, 0.5) is 5.69 Å². The Labute approximate surface area is 200 Å². The maximum Gasteiger partial charge on any atom is 0.238 e. The molecule has 3 heterocycles. The molecule has 0 saturated carbocycles. The molecule has 1 atom stereocenters. The van der Waals surface area contributed by atoms with E-state index in [-0.39, 0.29) is 30.0 Å². The Balaban J connectivity index is 1.42. The Kier molecular flexibility index (Phi) is 6.64. The first-order valence-electron chi connectivity index (χ1n) is 11.4. The monoisotopic (exact) mass is 484 g/mol. The Bertz CT molecular complexity index is 1310. The summed E-state index contributed by atoms with van der Waals surface area (Å²) in [5.41, 5.74) is 6.16. The second-order valence-electron chi connectivity index (χ2n) is 9.16. The largest absolute Gasteiger partial charge is 0.322 e. The van der Waals surface area contributed by atoms with E-state index >= 15 is 0 Å². The van der Waals surface area contributed by atoms with Crippen molar-refractivity contribution in [2.75, 3.05) is 30.4 Å². The predicted octanol–water partition coefficient (Wildman–Crippen LogP) is 2.73. The predicted molar refractivity (Wildman–Crippen MR) is 132 cm³/mol. The number of amides is 1. The van der Waals surface area contributed by atoms with Gasteiger partial charge in [0.05, 0.1) is 52.5 Å². The van der Waals surface area contributed by atoms with Gasteiger partial charge in [-0.1, -0.05) is 18.2 Å². The minimum absolute atomic E-state index is 0.113. The molecule has 182 valence electrons. The molecule has 0 radical (unpaired) electrons. The fourth-order valence-electron chi connectivity index (χ4n) is 4.64. The first-order valence-corrected chi connectivity index (χ1v) is 13.2. The van der Waals surface area contributed by atoms with Crippen molar-refractivity contribution < 1.29 is 13.2 Å². The van der Waals surface area contributed by atoms with Crippen molar-refractivity contribution in [1.29, 1.82) is 0 Å². The summed E-state index contributed by atoms with van der Waals surface area (Å²) in [5, 5.41) is 12.2. The van der Waals surface area contributed by atoms with Gasteiger partial charge in [-0.05, 0) is 53.3 Å². The Morgan fingerprint density at radius 3 is 2.44 bits per heavy atom. The van der Waals surface area contributed by atoms with Crippen LogP contribution in [0.2, 0.25) is 0 Å². The van der Waals surface area contributed by atoms with Crippen molar-refractivity contribution in [2.24, 2.45) is 0 Å². The van der Waals surface area contributed by atoms with E-state index in [9.17, 15) is 13.2 Å². The minimum Gasteiger partial charge on any atom is -0.322 e. The molecule has 3 aromatic rings. The summed E-state index contributed by atoms with van der Waals surface area (Å²) in [7, 11) is -1.10. The van der Waals surface area contributed by atoms with Crippen LogP contribution in [0, 0.1) is 27.7 Å². The molecule has 0 spiro atoms. The zero-order valence-corrected chi connectivity index (χ0v) is 21.2. The van der Waals surface area contributed by atoms with Crippen LogP contribution in [0.1, 0.15) is 40.8 Å². The van der Waals surface area contributed by atoms with E-state index in [1.807, 2.05) is 79.3 Å². The summed E-state index contributed by atoms with van der Waals surface area (Å²) in [6.45, 7) is 8.48. The summed E-state index contributed by atoms with van der Waals surface area (Å²) < 4.78 is 27.5. The molecule has 10 heteroatoms. The molecule has 1 saturated heterocycles. The fraction of sp³-hybridized carbons (Fsp3) is 0.458. The number of nitrogens with one attached hydrogen (secondary N) is 1. The van der Waals surface area contributed by atoms with Gasteiger partial charge in [0.2, 0.25) is 5.91 Å². The van der Waals surface area contributed by atoms with E-state index < -0.39 is 9.84 Å². The fourth-order valence-corrected chi connectivity index (χ4v) is 6.34. The molecule has 1 amide bonds. The minimum atomic E-state index is -2.99. The van der Waals surface area contributed by atoms with Gasteiger partial charge in [-0.3, -0.25) is 14.4 Å². The van der Waals surface area contributed by atoms with Gasteiger partial charge in [-0.15, -0.1) is 0 Å². The van der Waals surface area contributed by atoms with Gasteiger partial charge in [-0.25, -0.2) is 13.1 Å². The van der Waals surface area contributed by atoms with Crippen molar-refractivity contribution in [2.45, 2.75) is 46.7 Å². The van der Waals surface area contributed by atoms with E-state index in [0.717, 1.165) is 39.7 Å². The van der Waals surface area contributed by atoms with Crippen LogP contribution in [-0.2, 0) is 21.2 Å². The van der Waals surface area contributed by atoms with Crippen molar-refractivity contribution in [1.82, 2.24) is 24.5 Å². The van der Waals surface area contributed by atoms with Gasteiger partial charge in [0, 0.05) is 17.8 Å². The molecular weight excluding hydrogens is 452 g/mol. The van der Waals surface area contributed by atoms with Crippen LogP contribution in [-0.4, -0.2) is 63.9 Å². The molecule has 0 bridgehead atoms. The first kappa shape index (κ1) is 24.2. The number of likely N-dealkylation sites (N-methyl/N-ethyl adjacent to an activating group) is 1. The van der Waals surface area contributed by atoms with Crippen LogP contribution in [0.15, 0.2) is 30.3 Å². The molecule has 9 nitrogen and oxygen atoms in total. The second kappa shape index (κ2) is 9.34. The third-order valence-corrected chi connectivity index (χ3v) is 8.18. The smallest absolute Gasteiger partial charge is 0.238 e. The summed E-state index contributed by atoms with van der Waals surface area (Å²) in [5.74, 6) is 0.235. The van der Waals surface area contributed by atoms with Gasteiger partial charge in [0.15, 0.2) is 9.84 Å². The number of aromatic nitrogens is 4. The average Bonchev–Trinajstić information content (AvgIpc) is 3.38. The number of hydrogen-bond acceptors (Lipinski definition) is 6. The number of sulfone groups is 1. The van der Waals surface area contributed by atoms with Crippen LogP contribution in [0.25, 0.3) is 5.69 Å². The lowest BCUT2D eigenvalue weighted by Gasteiger charge is -2.17. The van der Waals surface area contributed by atoms with Gasteiger partial charge < -0.3 is 5.32 Å². The number of benzene rings is 1. The standard InChI is InChI=1S/C24H32N6O3S/c1-16-22(18(3)29(26-16)21-11-12-34(32,33)15-21)13-28(5)14-23(31)25-24-17(2)27-30(19(24)4)20-9-7-6-8-10-20/h6-10,21H,11-15H2,1-5H3,(H,25,31)/t21-/m0/s1. The Morgan fingerprint density at radius 1 is 1.09 bits per heavy atom. The van der Waals surface area contributed by atoms with E-state index in [0.29, 0.717) is 13.0 Å². The van der Waals surface area contributed by atoms with E-state index in [1.165, 1.54) is 0 Å². The van der Waals surface area contributed by atoms with Crippen molar-refractivity contribution in [3.05, 3.63) is 58.7 Å². The lowest BCUT2D eigenvalue weighted by molar-refractivity contribution is -0.117. The lowest BCUT2D eigenvalue weighted by Crippen LogP contribution is -2.30. The Morgan fingerprint density at radius 2 is 1.79 bits per heavy atom. The molecular formula is C24H32N6O3S. The molecule has 1 aliphatic rings. The highest BCUT2D eigenvalue weighted by Crippen LogP contribution is 2.27. The number of carbonyl (C=O) groups excluding carboxylic acids is 1. The van der Waals surface area contributed by atoms with Crippen LogP contribution in [0.3, 0.4) is 0 Å². The SMILES string of the molecule is Cc1nn([C@H]2CCS(=O)(=O)C2)c(C)c1CN(C)CC(=O)Nc1c(C)nn(-c2ccccc2)c1C. The van der Waals surface area contributed by atoms with Gasteiger partial charge >= 0.3 is 0 Å². The van der Waals surface area contributed by atoms with Gasteiger partial charge in [0.25, 0.3) is 0 Å². The highest BCUT2D eigenvalue weighted by molar-refractivity contribution is 7.91.